The topological polar surface area (TPSA) is 49.6 Å². The maximum atomic E-state index is 11.9. The van der Waals surface area contributed by atoms with E-state index in [1.165, 1.54) is 19.3 Å². The molecule has 2 fully saturated rings. The summed E-state index contributed by atoms with van der Waals surface area (Å²) in [5.41, 5.74) is 5.62. The first-order valence-corrected chi connectivity index (χ1v) is 6.37. The molecule has 18 heavy (non-hydrogen) atoms. The van der Waals surface area contributed by atoms with Gasteiger partial charge in [0.2, 0.25) is 5.91 Å². The minimum atomic E-state index is 0. The normalized spacial score (nSPS) is 23.1. The maximum absolute atomic E-state index is 11.9. The van der Waals surface area contributed by atoms with Crippen LogP contribution < -0.4 is 5.73 Å². The number of carbonyl (C=O) groups is 1. The molecule has 1 saturated heterocycles. The first-order valence-electron chi connectivity index (χ1n) is 6.37. The summed E-state index contributed by atoms with van der Waals surface area (Å²) in [6.07, 6.45) is 6.13. The van der Waals surface area contributed by atoms with Gasteiger partial charge in [-0.3, -0.25) is 4.79 Å². The van der Waals surface area contributed by atoms with Gasteiger partial charge in [-0.2, -0.15) is 0 Å². The number of halogens is 2. The van der Waals surface area contributed by atoms with Crippen molar-refractivity contribution in [3.63, 3.8) is 0 Å². The van der Waals surface area contributed by atoms with Gasteiger partial charge >= 0.3 is 0 Å². The molecular weight excluding hydrogens is 273 g/mol. The minimum Gasteiger partial charge on any atom is -0.333 e. The Morgan fingerprint density at radius 1 is 1.17 bits per heavy atom. The molecule has 2 rings (SSSR count). The van der Waals surface area contributed by atoms with Crippen molar-refractivity contribution in [2.75, 3.05) is 33.2 Å². The summed E-state index contributed by atoms with van der Waals surface area (Å²) >= 11 is 0. The number of piperazine rings is 1. The molecule has 6 heteroatoms. The fourth-order valence-electron chi connectivity index (χ4n) is 3.31. The van der Waals surface area contributed by atoms with E-state index >= 15 is 0 Å². The lowest BCUT2D eigenvalue weighted by Gasteiger charge is -2.52. The summed E-state index contributed by atoms with van der Waals surface area (Å²) in [6.45, 7) is 3.02. The zero-order valence-electron chi connectivity index (χ0n) is 11.1. The second-order valence-electron chi connectivity index (χ2n) is 5.27. The molecule has 0 unspecified atom stereocenters. The fourth-order valence-corrected chi connectivity index (χ4v) is 3.31. The number of nitrogens with two attached hydrogens (primary N) is 1. The fraction of sp³-hybridized carbons (Fsp3) is 0.917. The van der Waals surface area contributed by atoms with Crippen LogP contribution in [0.5, 0.6) is 0 Å². The molecular formula is C12H25Cl2N3O. The first-order chi connectivity index (χ1) is 7.68. The van der Waals surface area contributed by atoms with Crippen LogP contribution in [0.25, 0.3) is 0 Å². The molecule has 1 spiro atoms. The van der Waals surface area contributed by atoms with Crippen molar-refractivity contribution in [3.8, 4) is 0 Å². The van der Waals surface area contributed by atoms with Crippen molar-refractivity contribution in [1.29, 1.82) is 0 Å². The highest BCUT2D eigenvalue weighted by atomic mass is 35.5. The van der Waals surface area contributed by atoms with Crippen LogP contribution in [0.2, 0.25) is 0 Å². The molecule has 108 valence electrons. The van der Waals surface area contributed by atoms with Crippen molar-refractivity contribution < 1.29 is 4.79 Å². The Labute approximate surface area is 122 Å². The summed E-state index contributed by atoms with van der Waals surface area (Å²) < 4.78 is 0. The molecule has 1 amide bonds. The van der Waals surface area contributed by atoms with Crippen LogP contribution in [0.1, 0.15) is 32.1 Å². The molecule has 0 bridgehead atoms. The number of rotatable bonds is 1. The second-order valence-corrected chi connectivity index (χ2v) is 5.27. The van der Waals surface area contributed by atoms with Gasteiger partial charge in [-0.05, 0) is 19.9 Å². The lowest BCUT2D eigenvalue weighted by molar-refractivity contribution is -0.142. The van der Waals surface area contributed by atoms with Crippen LogP contribution in [0.15, 0.2) is 0 Å². The van der Waals surface area contributed by atoms with Gasteiger partial charge in [-0.15, -0.1) is 24.8 Å². The predicted octanol–water partition coefficient (Wildman–Crippen LogP) is 1.27. The molecule has 1 aliphatic heterocycles. The summed E-state index contributed by atoms with van der Waals surface area (Å²) in [5, 5.41) is 0. The zero-order chi connectivity index (χ0) is 11.6. The Kier molecular flexibility index (Phi) is 7.52. The number of carbonyl (C=O) groups excluding carboxylic acids is 1. The molecule has 1 heterocycles. The van der Waals surface area contributed by atoms with Gasteiger partial charge in [-0.1, -0.05) is 19.3 Å². The Morgan fingerprint density at radius 3 is 2.33 bits per heavy atom. The largest absolute Gasteiger partial charge is 0.333 e. The van der Waals surface area contributed by atoms with E-state index in [1.54, 1.807) is 0 Å². The minimum absolute atomic E-state index is 0. The molecule has 1 aliphatic carbocycles. The third-order valence-electron chi connectivity index (χ3n) is 4.10. The SMILES string of the molecule is CN1CCN(C(=O)CN)C2(CCCCC2)C1.Cl.Cl. The van der Waals surface area contributed by atoms with E-state index in [4.69, 9.17) is 5.73 Å². The van der Waals surface area contributed by atoms with E-state index in [0.29, 0.717) is 0 Å². The summed E-state index contributed by atoms with van der Waals surface area (Å²) in [5.74, 6) is 0.134. The highest BCUT2D eigenvalue weighted by Crippen LogP contribution is 2.36. The molecule has 4 nitrogen and oxygen atoms in total. The summed E-state index contributed by atoms with van der Waals surface area (Å²) in [7, 11) is 2.15. The number of likely N-dealkylation sites (N-methyl/N-ethyl adjacent to an activating group) is 1. The monoisotopic (exact) mass is 297 g/mol. The van der Waals surface area contributed by atoms with E-state index in [2.05, 4.69) is 16.8 Å². The molecule has 0 aromatic heterocycles. The van der Waals surface area contributed by atoms with E-state index < -0.39 is 0 Å². The maximum Gasteiger partial charge on any atom is 0.236 e. The summed E-state index contributed by atoms with van der Waals surface area (Å²) in [4.78, 5) is 16.4. The zero-order valence-corrected chi connectivity index (χ0v) is 12.7. The van der Waals surface area contributed by atoms with Gasteiger partial charge in [0, 0.05) is 19.6 Å². The van der Waals surface area contributed by atoms with Crippen molar-refractivity contribution in [3.05, 3.63) is 0 Å². The Morgan fingerprint density at radius 2 is 1.78 bits per heavy atom. The highest BCUT2D eigenvalue weighted by Gasteiger charge is 2.43. The van der Waals surface area contributed by atoms with E-state index in [1.807, 2.05) is 0 Å². The van der Waals surface area contributed by atoms with Gasteiger partial charge in [0.25, 0.3) is 0 Å². The molecule has 0 aromatic carbocycles. The van der Waals surface area contributed by atoms with Crippen molar-refractivity contribution in [1.82, 2.24) is 9.80 Å². The Bertz CT molecular complexity index is 270. The lowest BCUT2D eigenvalue weighted by atomic mass is 9.78. The number of hydrogen-bond acceptors (Lipinski definition) is 3. The van der Waals surface area contributed by atoms with Crippen LogP contribution in [-0.2, 0) is 4.79 Å². The standard InChI is InChI=1S/C12H23N3O.2ClH/c1-14-7-8-15(11(16)9-13)12(10-14)5-3-2-4-6-12;;/h2-10,13H2,1H3;2*1H. The van der Waals surface area contributed by atoms with Crippen molar-refractivity contribution in [2.24, 2.45) is 5.73 Å². The van der Waals surface area contributed by atoms with Gasteiger partial charge in [0.05, 0.1) is 12.1 Å². The van der Waals surface area contributed by atoms with E-state index in [0.717, 1.165) is 32.5 Å². The number of nitrogens with zero attached hydrogens (tertiary/aromatic N) is 2. The van der Waals surface area contributed by atoms with E-state index in [9.17, 15) is 4.79 Å². The van der Waals surface area contributed by atoms with Crippen LogP contribution in [-0.4, -0.2) is 54.5 Å². The first kappa shape index (κ1) is 18.0. The number of amides is 1. The van der Waals surface area contributed by atoms with Crippen LogP contribution in [0.3, 0.4) is 0 Å². The molecule has 0 aromatic rings. The average Bonchev–Trinajstić information content (AvgIpc) is 2.29. The van der Waals surface area contributed by atoms with Crippen LogP contribution in [0.4, 0.5) is 0 Å². The van der Waals surface area contributed by atoms with Crippen LogP contribution in [0, 0.1) is 0 Å². The highest BCUT2D eigenvalue weighted by molar-refractivity contribution is 5.85. The van der Waals surface area contributed by atoms with Gasteiger partial charge in [-0.25, -0.2) is 0 Å². The molecule has 0 atom stereocenters. The molecule has 0 radical (unpaired) electrons. The smallest absolute Gasteiger partial charge is 0.236 e. The lowest BCUT2D eigenvalue weighted by Crippen LogP contribution is -2.64. The van der Waals surface area contributed by atoms with Crippen LogP contribution >= 0.6 is 24.8 Å². The van der Waals surface area contributed by atoms with Gasteiger partial charge < -0.3 is 15.5 Å². The molecule has 1 saturated carbocycles. The molecule has 2 aliphatic rings. The Balaban J connectivity index is 0.00000144. The Hall–Kier alpha value is -0.0300. The second kappa shape index (κ2) is 7.53. The third-order valence-corrected chi connectivity index (χ3v) is 4.10. The van der Waals surface area contributed by atoms with Crippen molar-refractivity contribution >= 4 is 30.7 Å². The van der Waals surface area contributed by atoms with E-state index in [-0.39, 0.29) is 42.8 Å². The quantitative estimate of drug-likeness (QED) is 0.793. The molecule has 2 N–H and O–H groups in total. The van der Waals surface area contributed by atoms with Crippen molar-refractivity contribution in [2.45, 2.75) is 37.6 Å². The average molecular weight is 298 g/mol. The predicted molar refractivity (Wildman–Crippen MR) is 78.6 cm³/mol. The number of hydrogen-bond donors (Lipinski definition) is 1. The third kappa shape index (κ3) is 3.50. The van der Waals surface area contributed by atoms with Gasteiger partial charge in [0.15, 0.2) is 0 Å². The summed E-state index contributed by atoms with van der Waals surface area (Å²) in [6, 6.07) is 0. The van der Waals surface area contributed by atoms with Gasteiger partial charge in [0.1, 0.15) is 0 Å².